The Morgan fingerprint density at radius 1 is 1.24 bits per heavy atom. The van der Waals surface area contributed by atoms with Gasteiger partial charge in [-0.1, -0.05) is 22.0 Å². The van der Waals surface area contributed by atoms with Gasteiger partial charge in [-0.05, 0) is 31.5 Å². The normalized spacial score (nSPS) is 10.2. The van der Waals surface area contributed by atoms with E-state index in [1.807, 2.05) is 38.1 Å². The highest BCUT2D eigenvalue weighted by atomic mass is 79.9. The van der Waals surface area contributed by atoms with Crippen LogP contribution in [-0.4, -0.2) is 22.4 Å². The Labute approximate surface area is 132 Å². The molecule has 1 amide bonds. The molecule has 0 aliphatic carbocycles. The maximum Gasteiger partial charge on any atom is 0.226 e. The predicted molar refractivity (Wildman–Crippen MR) is 87.4 cm³/mol. The molecule has 0 saturated heterocycles. The van der Waals surface area contributed by atoms with Gasteiger partial charge in [0.1, 0.15) is 12.1 Å². The first-order chi connectivity index (χ1) is 10.0. The Morgan fingerprint density at radius 3 is 2.81 bits per heavy atom. The summed E-state index contributed by atoms with van der Waals surface area (Å²) in [6.45, 7) is 4.38. The standard InChI is InChI=1S/C15H17BrN4O/c1-10-3-4-12(16)8-13(10)20-15(21)5-6-17-14-7-11(2)18-9-19-14/h3-4,7-9H,5-6H2,1-2H3,(H,20,21)(H,17,18,19). The van der Waals surface area contributed by atoms with Crippen molar-refractivity contribution in [2.45, 2.75) is 20.3 Å². The quantitative estimate of drug-likeness (QED) is 0.869. The van der Waals surface area contributed by atoms with Gasteiger partial charge >= 0.3 is 0 Å². The number of nitrogens with one attached hydrogen (secondary N) is 2. The largest absolute Gasteiger partial charge is 0.369 e. The Morgan fingerprint density at radius 2 is 2.05 bits per heavy atom. The summed E-state index contributed by atoms with van der Waals surface area (Å²) >= 11 is 3.40. The highest BCUT2D eigenvalue weighted by Crippen LogP contribution is 2.20. The number of rotatable bonds is 5. The van der Waals surface area contributed by atoms with Crippen LogP contribution in [0.4, 0.5) is 11.5 Å². The van der Waals surface area contributed by atoms with E-state index in [4.69, 9.17) is 0 Å². The molecule has 0 unspecified atom stereocenters. The number of carbonyl (C=O) groups excluding carboxylic acids is 1. The summed E-state index contributed by atoms with van der Waals surface area (Å²) in [5.41, 5.74) is 2.75. The Kier molecular flexibility index (Phi) is 5.27. The summed E-state index contributed by atoms with van der Waals surface area (Å²) in [5.74, 6) is 0.698. The van der Waals surface area contributed by atoms with Crippen LogP contribution in [-0.2, 0) is 4.79 Å². The van der Waals surface area contributed by atoms with Crippen molar-refractivity contribution in [2.75, 3.05) is 17.2 Å². The van der Waals surface area contributed by atoms with Gasteiger partial charge in [-0.2, -0.15) is 0 Å². The molecule has 21 heavy (non-hydrogen) atoms. The number of anilines is 2. The predicted octanol–water partition coefficient (Wildman–Crippen LogP) is 3.30. The van der Waals surface area contributed by atoms with E-state index in [1.54, 1.807) is 0 Å². The number of hydrogen-bond acceptors (Lipinski definition) is 4. The molecule has 5 nitrogen and oxygen atoms in total. The number of nitrogens with zero attached hydrogens (tertiary/aromatic N) is 2. The van der Waals surface area contributed by atoms with Crippen LogP contribution in [0.25, 0.3) is 0 Å². The lowest BCUT2D eigenvalue weighted by molar-refractivity contribution is -0.115. The van der Waals surface area contributed by atoms with Crippen molar-refractivity contribution < 1.29 is 4.79 Å². The fraction of sp³-hybridized carbons (Fsp3) is 0.267. The van der Waals surface area contributed by atoms with E-state index >= 15 is 0 Å². The molecule has 6 heteroatoms. The van der Waals surface area contributed by atoms with Crippen molar-refractivity contribution >= 4 is 33.3 Å². The van der Waals surface area contributed by atoms with Crippen molar-refractivity contribution in [1.82, 2.24) is 9.97 Å². The minimum absolute atomic E-state index is 0.0329. The maximum absolute atomic E-state index is 11.9. The third kappa shape index (κ3) is 4.82. The van der Waals surface area contributed by atoms with Crippen LogP contribution in [0, 0.1) is 13.8 Å². The molecule has 2 N–H and O–H groups in total. The minimum Gasteiger partial charge on any atom is -0.369 e. The molecule has 0 saturated carbocycles. The fourth-order valence-corrected chi connectivity index (χ4v) is 2.16. The van der Waals surface area contributed by atoms with Crippen molar-refractivity contribution in [3.63, 3.8) is 0 Å². The van der Waals surface area contributed by atoms with Gasteiger partial charge in [0.2, 0.25) is 5.91 Å². The molecule has 1 heterocycles. The molecule has 0 fully saturated rings. The summed E-state index contributed by atoms with van der Waals surface area (Å²) in [6.07, 6.45) is 1.87. The van der Waals surface area contributed by atoms with Crippen LogP contribution in [0.3, 0.4) is 0 Å². The van der Waals surface area contributed by atoms with Crippen molar-refractivity contribution in [1.29, 1.82) is 0 Å². The molecular formula is C15H17BrN4O. The zero-order chi connectivity index (χ0) is 15.2. The summed E-state index contributed by atoms with van der Waals surface area (Å²) in [5, 5.41) is 6.01. The molecule has 110 valence electrons. The van der Waals surface area contributed by atoms with Crippen LogP contribution in [0.5, 0.6) is 0 Å². The summed E-state index contributed by atoms with van der Waals surface area (Å²) in [7, 11) is 0. The lowest BCUT2D eigenvalue weighted by Gasteiger charge is -2.09. The van der Waals surface area contributed by atoms with Gasteiger partial charge in [-0.15, -0.1) is 0 Å². The molecule has 0 radical (unpaired) electrons. The Hall–Kier alpha value is -1.95. The molecule has 1 aromatic heterocycles. The number of halogens is 1. The van der Waals surface area contributed by atoms with E-state index in [9.17, 15) is 4.79 Å². The van der Waals surface area contributed by atoms with Crippen LogP contribution in [0.1, 0.15) is 17.7 Å². The monoisotopic (exact) mass is 348 g/mol. The first-order valence-corrected chi connectivity index (χ1v) is 7.42. The number of carbonyl (C=O) groups is 1. The second-order valence-corrected chi connectivity index (χ2v) is 5.64. The van der Waals surface area contributed by atoms with Gasteiger partial charge in [0.05, 0.1) is 0 Å². The van der Waals surface area contributed by atoms with Gasteiger partial charge in [0.15, 0.2) is 0 Å². The molecule has 1 aromatic carbocycles. The highest BCUT2D eigenvalue weighted by molar-refractivity contribution is 9.10. The van der Waals surface area contributed by atoms with E-state index in [1.165, 1.54) is 6.33 Å². The summed E-state index contributed by atoms with van der Waals surface area (Å²) in [4.78, 5) is 20.0. The van der Waals surface area contributed by atoms with Crippen molar-refractivity contribution in [2.24, 2.45) is 0 Å². The van der Waals surface area contributed by atoms with E-state index in [-0.39, 0.29) is 5.91 Å². The van der Waals surface area contributed by atoms with Gasteiger partial charge in [0, 0.05) is 34.9 Å². The summed E-state index contributed by atoms with van der Waals surface area (Å²) < 4.78 is 0.943. The van der Waals surface area contributed by atoms with Crippen molar-refractivity contribution in [3.05, 3.63) is 46.3 Å². The second-order valence-electron chi connectivity index (χ2n) is 4.73. The topological polar surface area (TPSA) is 66.9 Å². The third-order valence-electron chi connectivity index (χ3n) is 2.94. The smallest absolute Gasteiger partial charge is 0.226 e. The molecule has 0 atom stereocenters. The van der Waals surface area contributed by atoms with Crippen LogP contribution in [0.2, 0.25) is 0 Å². The number of aromatic nitrogens is 2. The number of amides is 1. The maximum atomic E-state index is 11.9. The lowest BCUT2D eigenvalue weighted by Crippen LogP contribution is -2.17. The van der Waals surface area contributed by atoms with E-state index < -0.39 is 0 Å². The van der Waals surface area contributed by atoms with E-state index in [0.717, 1.165) is 27.2 Å². The van der Waals surface area contributed by atoms with Gasteiger partial charge in [0.25, 0.3) is 0 Å². The average molecular weight is 349 g/mol. The molecule has 0 aliphatic heterocycles. The van der Waals surface area contributed by atoms with Crippen LogP contribution in [0.15, 0.2) is 35.1 Å². The van der Waals surface area contributed by atoms with E-state index in [0.29, 0.717) is 13.0 Å². The number of benzene rings is 1. The zero-order valence-corrected chi connectivity index (χ0v) is 13.6. The van der Waals surface area contributed by atoms with Gasteiger partial charge in [-0.3, -0.25) is 4.79 Å². The fourth-order valence-electron chi connectivity index (χ4n) is 1.80. The minimum atomic E-state index is -0.0329. The molecular weight excluding hydrogens is 332 g/mol. The van der Waals surface area contributed by atoms with Crippen LogP contribution >= 0.6 is 15.9 Å². The van der Waals surface area contributed by atoms with E-state index in [2.05, 4.69) is 36.5 Å². The SMILES string of the molecule is Cc1cc(NCCC(=O)Nc2cc(Br)ccc2C)ncn1. The number of aryl methyl sites for hydroxylation is 2. The van der Waals surface area contributed by atoms with Crippen molar-refractivity contribution in [3.8, 4) is 0 Å². The highest BCUT2D eigenvalue weighted by Gasteiger charge is 2.05. The second kappa shape index (κ2) is 7.17. The first kappa shape index (κ1) is 15.4. The lowest BCUT2D eigenvalue weighted by atomic mass is 10.2. The molecule has 0 spiro atoms. The van der Waals surface area contributed by atoms with Crippen LogP contribution < -0.4 is 10.6 Å². The third-order valence-corrected chi connectivity index (χ3v) is 3.43. The Balaban J connectivity index is 1.84. The Bertz CT molecular complexity index is 645. The molecule has 2 aromatic rings. The summed E-state index contributed by atoms with van der Waals surface area (Å²) in [6, 6.07) is 7.65. The molecule has 2 rings (SSSR count). The average Bonchev–Trinajstić information content (AvgIpc) is 2.43. The van der Waals surface area contributed by atoms with Gasteiger partial charge in [-0.25, -0.2) is 9.97 Å². The first-order valence-electron chi connectivity index (χ1n) is 6.63. The van der Waals surface area contributed by atoms with Gasteiger partial charge < -0.3 is 10.6 Å². The zero-order valence-electron chi connectivity index (χ0n) is 12.0. The molecule has 0 aliphatic rings. The number of hydrogen-bond donors (Lipinski definition) is 2. The molecule has 0 bridgehead atoms.